The highest BCUT2D eigenvalue weighted by atomic mass is 16.4. The van der Waals surface area contributed by atoms with Crippen LogP contribution in [-0.4, -0.2) is 40.0 Å². The smallest absolute Gasteiger partial charge is 0.305 e. The van der Waals surface area contributed by atoms with Crippen LogP contribution in [0.15, 0.2) is 0 Å². The Morgan fingerprint density at radius 3 is 2.00 bits per heavy atom. The average Bonchev–Trinajstić information content (AvgIpc) is 2.10. The molecule has 0 heterocycles. The number of rotatable bonds is 6. The van der Waals surface area contributed by atoms with Gasteiger partial charge in [0.2, 0.25) is 5.91 Å². The van der Waals surface area contributed by atoms with Crippen LogP contribution in [0, 0.1) is 5.41 Å². The van der Waals surface area contributed by atoms with Crippen molar-refractivity contribution >= 4 is 11.9 Å². The Balaban J connectivity index is 4.67. The fourth-order valence-corrected chi connectivity index (χ4v) is 2.23. The molecule has 0 aromatic rings. The van der Waals surface area contributed by atoms with Crippen molar-refractivity contribution in [1.82, 2.24) is 4.90 Å². The number of carboxylic acids is 1. The molecule has 0 rings (SSSR count). The minimum absolute atomic E-state index is 0.0441. The molecule has 1 atom stereocenters. The summed E-state index contributed by atoms with van der Waals surface area (Å²) in [6.45, 7) is 12.2. The van der Waals surface area contributed by atoms with Crippen LogP contribution in [0.3, 0.4) is 0 Å². The summed E-state index contributed by atoms with van der Waals surface area (Å²) in [6.07, 6.45) is 0.974. The Morgan fingerprint density at radius 1 is 1.15 bits per heavy atom. The third-order valence-corrected chi connectivity index (χ3v) is 2.97. The van der Waals surface area contributed by atoms with Gasteiger partial charge in [-0.05, 0) is 32.6 Å². The summed E-state index contributed by atoms with van der Waals surface area (Å²) >= 11 is 0. The van der Waals surface area contributed by atoms with E-state index in [4.69, 9.17) is 10.8 Å². The number of carbonyl (C=O) groups is 2. The molecule has 0 aromatic heterocycles. The minimum Gasteiger partial charge on any atom is -0.481 e. The van der Waals surface area contributed by atoms with E-state index >= 15 is 0 Å². The summed E-state index contributed by atoms with van der Waals surface area (Å²) in [7, 11) is 0. The number of amides is 1. The van der Waals surface area contributed by atoms with Gasteiger partial charge in [-0.25, -0.2) is 0 Å². The quantitative estimate of drug-likeness (QED) is 0.784. The van der Waals surface area contributed by atoms with E-state index in [0.717, 1.165) is 6.42 Å². The van der Waals surface area contributed by atoms with E-state index in [9.17, 15) is 9.59 Å². The van der Waals surface area contributed by atoms with Crippen LogP contribution in [0.25, 0.3) is 0 Å². The van der Waals surface area contributed by atoms with E-state index < -0.39 is 11.5 Å². The molecule has 3 N–H and O–H groups in total. The Hall–Kier alpha value is -1.10. The highest BCUT2D eigenvalue weighted by Gasteiger charge is 2.28. The van der Waals surface area contributed by atoms with E-state index in [0.29, 0.717) is 0 Å². The van der Waals surface area contributed by atoms with Gasteiger partial charge < -0.3 is 15.7 Å². The second-order valence-electron chi connectivity index (χ2n) is 7.59. The van der Waals surface area contributed by atoms with Crippen LogP contribution in [0.1, 0.15) is 60.8 Å². The van der Waals surface area contributed by atoms with Crippen LogP contribution in [0.5, 0.6) is 0 Å². The van der Waals surface area contributed by atoms with Gasteiger partial charge in [0, 0.05) is 24.5 Å². The predicted octanol–water partition coefficient (Wildman–Crippen LogP) is 2.24. The van der Waals surface area contributed by atoms with Gasteiger partial charge in [0.15, 0.2) is 0 Å². The lowest BCUT2D eigenvalue weighted by Crippen LogP contribution is -2.48. The van der Waals surface area contributed by atoms with Crippen molar-refractivity contribution in [2.24, 2.45) is 11.1 Å². The van der Waals surface area contributed by atoms with Gasteiger partial charge in [-0.3, -0.25) is 9.59 Å². The van der Waals surface area contributed by atoms with Crippen LogP contribution in [-0.2, 0) is 9.59 Å². The van der Waals surface area contributed by atoms with E-state index in [1.807, 2.05) is 20.8 Å². The standard InChI is InChI=1S/C15H30N2O3/c1-14(2,3)10-11(16)9-12(18)17(15(4,5)6)8-7-13(19)20/h11H,7-10,16H2,1-6H3,(H,19,20). The highest BCUT2D eigenvalue weighted by Crippen LogP contribution is 2.22. The fraction of sp³-hybridized carbons (Fsp3) is 0.867. The second-order valence-corrected chi connectivity index (χ2v) is 7.59. The molecule has 0 fully saturated rings. The largest absolute Gasteiger partial charge is 0.481 e. The predicted molar refractivity (Wildman–Crippen MR) is 80.4 cm³/mol. The summed E-state index contributed by atoms with van der Waals surface area (Å²) in [4.78, 5) is 24.7. The van der Waals surface area contributed by atoms with Gasteiger partial charge in [0.1, 0.15) is 0 Å². The molecule has 0 radical (unpaired) electrons. The lowest BCUT2D eigenvalue weighted by Gasteiger charge is -2.36. The Labute approximate surface area is 122 Å². The Bertz CT molecular complexity index is 340. The maximum absolute atomic E-state index is 12.4. The second kappa shape index (κ2) is 7.07. The first-order chi connectivity index (χ1) is 8.83. The molecular weight excluding hydrogens is 256 g/mol. The topological polar surface area (TPSA) is 83.6 Å². The molecule has 0 bridgehead atoms. The van der Waals surface area contributed by atoms with Crippen molar-refractivity contribution in [3.63, 3.8) is 0 Å². The molecule has 0 spiro atoms. The first-order valence-corrected chi connectivity index (χ1v) is 7.11. The summed E-state index contributed by atoms with van der Waals surface area (Å²) in [5, 5.41) is 8.78. The summed E-state index contributed by atoms with van der Waals surface area (Å²) in [5.41, 5.74) is 5.72. The molecule has 0 saturated heterocycles. The van der Waals surface area contributed by atoms with Gasteiger partial charge in [-0.15, -0.1) is 0 Å². The third kappa shape index (κ3) is 8.15. The molecule has 0 aromatic carbocycles. The molecule has 0 aliphatic rings. The first-order valence-electron chi connectivity index (χ1n) is 7.11. The van der Waals surface area contributed by atoms with Gasteiger partial charge >= 0.3 is 5.97 Å². The molecule has 0 aliphatic carbocycles. The number of nitrogens with zero attached hydrogens (tertiary/aromatic N) is 1. The van der Waals surface area contributed by atoms with Gasteiger partial charge in [-0.1, -0.05) is 20.8 Å². The molecule has 5 heteroatoms. The number of aliphatic carboxylic acids is 1. The number of carbonyl (C=O) groups excluding carboxylic acids is 1. The highest BCUT2D eigenvalue weighted by molar-refractivity contribution is 5.78. The molecule has 1 unspecified atom stereocenters. The van der Waals surface area contributed by atoms with Crippen LogP contribution in [0.2, 0.25) is 0 Å². The lowest BCUT2D eigenvalue weighted by molar-refractivity contribution is -0.140. The van der Waals surface area contributed by atoms with Crippen molar-refractivity contribution in [3.05, 3.63) is 0 Å². The third-order valence-electron chi connectivity index (χ3n) is 2.97. The number of nitrogens with two attached hydrogens (primary N) is 1. The molecule has 118 valence electrons. The van der Waals surface area contributed by atoms with Crippen LogP contribution >= 0.6 is 0 Å². The minimum atomic E-state index is -0.897. The maximum Gasteiger partial charge on any atom is 0.305 e. The molecule has 1 amide bonds. The van der Waals surface area contributed by atoms with Crippen molar-refractivity contribution in [2.75, 3.05) is 6.54 Å². The van der Waals surface area contributed by atoms with Gasteiger partial charge in [0.25, 0.3) is 0 Å². The summed E-state index contributed by atoms with van der Waals surface area (Å²) in [5.74, 6) is -0.971. The van der Waals surface area contributed by atoms with E-state index in [1.165, 1.54) is 0 Å². The van der Waals surface area contributed by atoms with E-state index in [-0.39, 0.29) is 36.8 Å². The zero-order chi connectivity index (χ0) is 16.1. The summed E-state index contributed by atoms with van der Waals surface area (Å²) < 4.78 is 0. The van der Waals surface area contributed by atoms with E-state index in [2.05, 4.69) is 20.8 Å². The first kappa shape index (κ1) is 18.9. The molecule has 20 heavy (non-hydrogen) atoms. The lowest BCUT2D eigenvalue weighted by atomic mass is 9.87. The fourth-order valence-electron chi connectivity index (χ4n) is 2.23. The molecule has 5 nitrogen and oxygen atoms in total. The molecule has 0 saturated carbocycles. The summed E-state index contributed by atoms with van der Waals surface area (Å²) in [6, 6.07) is -0.197. The number of hydrogen-bond donors (Lipinski definition) is 2. The zero-order valence-corrected chi connectivity index (χ0v) is 13.7. The average molecular weight is 286 g/mol. The van der Waals surface area contributed by atoms with Crippen LogP contribution < -0.4 is 5.73 Å². The Morgan fingerprint density at radius 2 is 1.65 bits per heavy atom. The molecule has 0 aliphatic heterocycles. The number of hydrogen-bond acceptors (Lipinski definition) is 3. The maximum atomic E-state index is 12.4. The normalized spacial score (nSPS) is 13.9. The van der Waals surface area contributed by atoms with Gasteiger partial charge in [0.05, 0.1) is 6.42 Å². The SMILES string of the molecule is CC(C)(C)CC(N)CC(=O)N(CCC(=O)O)C(C)(C)C. The zero-order valence-electron chi connectivity index (χ0n) is 13.7. The van der Waals surface area contributed by atoms with Crippen molar-refractivity contribution in [1.29, 1.82) is 0 Å². The molecular formula is C15H30N2O3. The van der Waals surface area contributed by atoms with Crippen LogP contribution in [0.4, 0.5) is 0 Å². The van der Waals surface area contributed by atoms with Crippen molar-refractivity contribution in [2.45, 2.75) is 72.4 Å². The number of carboxylic acid groups (broad SMARTS) is 1. The van der Waals surface area contributed by atoms with Crippen molar-refractivity contribution < 1.29 is 14.7 Å². The van der Waals surface area contributed by atoms with Crippen molar-refractivity contribution in [3.8, 4) is 0 Å². The van der Waals surface area contributed by atoms with Gasteiger partial charge in [-0.2, -0.15) is 0 Å². The van der Waals surface area contributed by atoms with E-state index in [1.54, 1.807) is 4.90 Å². The Kier molecular flexibility index (Phi) is 6.68. The monoisotopic (exact) mass is 286 g/mol.